The summed E-state index contributed by atoms with van der Waals surface area (Å²) in [5, 5.41) is 5.73. The molecule has 0 fully saturated rings. The molecule has 0 atom stereocenters. The Hall–Kier alpha value is -2.55. The molecule has 1 N–H and O–H groups in total. The Morgan fingerprint density at radius 3 is 2.62 bits per heavy atom. The smallest absolute Gasteiger partial charge is 0.194 e. The molecule has 3 aromatic rings. The van der Waals surface area contributed by atoms with Crippen LogP contribution in [0.4, 0.5) is 0 Å². The van der Waals surface area contributed by atoms with Crippen LogP contribution in [0.25, 0.3) is 10.8 Å². The standard InChI is InChI=1S/C22H26N4O2.HI/c1-23-22(25-14-20-19-8-6-5-7-16(19)11-12-24-20)26(2)15-17-9-10-18(27-3)13-21(17)28-4;/h5-13H,14-15H2,1-4H3,(H,23,25);1H. The molecule has 6 nitrogen and oxygen atoms in total. The van der Waals surface area contributed by atoms with Crippen LogP contribution in [0.1, 0.15) is 11.3 Å². The van der Waals surface area contributed by atoms with Crippen molar-refractivity contribution in [1.29, 1.82) is 0 Å². The van der Waals surface area contributed by atoms with Crippen molar-refractivity contribution in [1.82, 2.24) is 15.2 Å². The van der Waals surface area contributed by atoms with Crippen molar-refractivity contribution in [2.45, 2.75) is 13.1 Å². The van der Waals surface area contributed by atoms with E-state index in [9.17, 15) is 0 Å². The number of methoxy groups -OCH3 is 2. The summed E-state index contributed by atoms with van der Waals surface area (Å²) >= 11 is 0. The number of halogens is 1. The second-order valence-electron chi connectivity index (χ2n) is 6.41. The van der Waals surface area contributed by atoms with Gasteiger partial charge < -0.3 is 19.7 Å². The van der Waals surface area contributed by atoms with Gasteiger partial charge in [0.1, 0.15) is 11.5 Å². The third kappa shape index (κ3) is 5.50. The van der Waals surface area contributed by atoms with Gasteiger partial charge in [-0.3, -0.25) is 9.98 Å². The molecule has 2 aromatic carbocycles. The van der Waals surface area contributed by atoms with Crippen LogP contribution >= 0.6 is 24.0 Å². The Balaban J connectivity index is 0.00000300. The van der Waals surface area contributed by atoms with Gasteiger partial charge in [0.05, 0.1) is 26.5 Å². The third-order valence-corrected chi connectivity index (χ3v) is 4.65. The fourth-order valence-electron chi connectivity index (χ4n) is 3.18. The van der Waals surface area contributed by atoms with Crippen molar-refractivity contribution in [3.8, 4) is 11.5 Å². The Morgan fingerprint density at radius 2 is 1.90 bits per heavy atom. The molecule has 0 aliphatic carbocycles. The molecule has 29 heavy (non-hydrogen) atoms. The van der Waals surface area contributed by atoms with Crippen molar-refractivity contribution in [3.05, 3.63) is 66.0 Å². The van der Waals surface area contributed by atoms with Crippen molar-refractivity contribution < 1.29 is 9.47 Å². The largest absolute Gasteiger partial charge is 0.497 e. The van der Waals surface area contributed by atoms with Crippen molar-refractivity contribution in [2.75, 3.05) is 28.3 Å². The number of fused-ring (bicyclic) bond motifs is 1. The molecule has 1 heterocycles. The average molecular weight is 506 g/mol. The van der Waals surface area contributed by atoms with Gasteiger partial charge in [0.15, 0.2) is 5.96 Å². The summed E-state index contributed by atoms with van der Waals surface area (Å²) in [7, 11) is 7.08. The fraction of sp³-hybridized carbons (Fsp3) is 0.273. The number of rotatable bonds is 6. The highest BCUT2D eigenvalue weighted by Gasteiger charge is 2.12. The van der Waals surface area contributed by atoms with Gasteiger partial charge in [-0.2, -0.15) is 0 Å². The van der Waals surface area contributed by atoms with E-state index in [0.717, 1.165) is 34.1 Å². The topological polar surface area (TPSA) is 59.0 Å². The summed E-state index contributed by atoms with van der Waals surface area (Å²) in [6.45, 7) is 1.24. The lowest BCUT2D eigenvalue weighted by atomic mass is 10.1. The quantitative estimate of drug-likeness (QED) is 0.310. The van der Waals surface area contributed by atoms with Crippen LogP contribution in [-0.2, 0) is 13.1 Å². The minimum absolute atomic E-state index is 0. The van der Waals surface area contributed by atoms with Crippen LogP contribution in [0, 0.1) is 0 Å². The number of aliphatic imine (C=N–C) groups is 1. The van der Waals surface area contributed by atoms with Gasteiger partial charge in [0, 0.05) is 43.9 Å². The van der Waals surface area contributed by atoms with Crippen LogP contribution < -0.4 is 14.8 Å². The van der Waals surface area contributed by atoms with Crippen molar-refractivity contribution in [2.24, 2.45) is 4.99 Å². The summed E-state index contributed by atoms with van der Waals surface area (Å²) in [5.74, 6) is 2.35. The molecule has 0 unspecified atom stereocenters. The number of pyridine rings is 1. The molecule has 0 aliphatic heterocycles. The van der Waals surface area contributed by atoms with Crippen LogP contribution in [0.15, 0.2) is 59.7 Å². The lowest BCUT2D eigenvalue weighted by molar-refractivity contribution is 0.382. The number of hydrogen-bond acceptors (Lipinski definition) is 4. The molecule has 7 heteroatoms. The van der Waals surface area contributed by atoms with E-state index in [0.29, 0.717) is 13.1 Å². The molecule has 3 rings (SSSR count). The maximum absolute atomic E-state index is 5.50. The zero-order valence-electron chi connectivity index (χ0n) is 17.2. The fourth-order valence-corrected chi connectivity index (χ4v) is 3.18. The molecule has 0 aliphatic rings. The van der Waals surface area contributed by atoms with E-state index in [1.165, 1.54) is 5.39 Å². The van der Waals surface area contributed by atoms with Gasteiger partial charge in [-0.1, -0.05) is 24.3 Å². The van der Waals surface area contributed by atoms with Crippen molar-refractivity contribution in [3.63, 3.8) is 0 Å². The zero-order valence-corrected chi connectivity index (χ0v) is 19.5. The van der Waals surface area contributed by atoms with E-state index >= 15 is 0 Å². The highest BCUT2D eigenvalue weighted by Crippen LogP contribution is 2.25. The predicted molar refractivity (Wildman–Crippen MR) is 128 cm³/mol. The first-order valence-electron chi connectivity index (χ1n) is 9.11. The van der Waals surface area contributed by atoms with Gasteiger partial charge in [-0.25, -0.2) is 0 Å². The number of ether oxygens (including phenoxy) is 2. The van der Waals surface area contributed by atoms with E-state index in [1.807, 2.05) is 49.6 Å². The highest BCUT2D eigenvalue weighted by atomic mass is 127. The van der Waals surface area contributed by atoms with Gasteiger partial charge >= 0.3 is 0 Å². The minimum atomic E-state index is 0. The first kappa shape index (κ1) is 22.7. The molecule has 0 radical (unpaired) electrons. The van der Waals surface area contributed by atoms with Crippen LogP contribution in [0.2, 0.25) is 0 Å². The Morgan fingerprint density at radius 1 is 1.10 bits per heavy atom. The monoisotopic (exact) mass is 506 g/mol. The van der Waals surface area contributed by atoms with Crippen LogP contribution in [0.5, 0.6) is 11.5 Å². The number of aromatic nitrogens is 1. The first-order valence-corrected chi connectivity index (χ1v) is 9.11. The number of benzene rings is 2. The maximum atomic E-state index is 5.50. The predicted octanol–water partition coefficient (Wildman–Crippen LogP) is 4.08. The average Bonchev–Trinajstić information content (AvgIpc) is 2.74. The maximum Gasteiger partial charge on any atom is 0.194 e. The second kappa shape index (κ2) is 10.8. The molecular weight excluding hydrogens is 479 g/mol. The molecule has 0 saturated heterocycles. The van der Waals surface area contributed by atoms with E-state index < -0.39 is 0 Å². The molecule has 0 bridgehead atoms. The lowest BCUT2D eigenvalue weighted by Gasteiger charge is -2.23. The summed E-state index contributed by atoms with van der Waals surface area (Å²) < 4.78 is 10.8. The summed E-state index contributed by atoms with van der Waals surface area (Å²) in [6.07, 6.45) is 1.84. The number of nitrogens with one attached hydrogen (secondary N) is 1. The van der Waals surface area contributed by atoms with Gasteiger partial charge in [-0.05, 0) is 23.6 Å². The SMILES string of the molecule is CN=C(NCc1nccc2ccccc12)N(C)Cc1ccc(OC)cc1OC.I. The summed E-state index contributed by atoms with van der Waals surface area (Å²) in [5.41, 5.74) is 2.05. The highest BCUT2D eigenvalue weighted by molar-refractivity contribution is 14.0. The second-order valence-corrected chi connectivity index (χ2v) is 6.41. The molecule has 154 valence electrons. The van der Waals surface area contributed by atoms with Gasteiger partial charge in [-0.15, -0.1) is 24.0 Å². The molecule has 0 spiro atoms. The van der Waals surface area contributed by atoms with Crippen molar-refractivity contribution >= 4 is 40.7 Å². The van der Waals surface area contributed by atoms with Gasteiger partial charge in [0.2, 0.25) is 0 Å². The number of hydrogen-bond donors (Lipinski definition) is 1. The number of nitrogens with zero attached hydrogens (tertiary/aromatic N) is 3. The van der Waals surface area contributed by atoms with Crippen LogP contribution in [0.3, 0.4) is 0 Å². The Kier molecular flexibility index (Phi) is 8.50. The van der Waals surface area contributed by atoms with E-state index in [-0.39, 0.29) is 24.0 Å². The van der Waals surface area contributed by atoms with E-state index in [4.69, 9.17) is 9.47 Å². The minimum Gasteiger partial charge on any atom is -0.497 e. The zero-order chi connectivity index (χ0) is 19.9. The van der Waals surface area contributed by atoms with Gasteiger partial charge in [0.25, 0.3) is 0 Å². The summed E-state index contributed by atoms with van der Waals surface area (Å²) in [4.78, 5) is 11.0. The lowest BCUT2D eigenvalue weighted by Crippen LogP contribution is -2.38. The summed E-state index contributed by atoms with van der Waals surface area (Å²) in [6, 6.07) is 16.1. The molecular formula is C22H27IN4O2. The third-order valence-electron chi connectivity index (χ3n) is 4.65. The normalized spacial score (nSPS) is 11.0. The Bertz CT molecular complexity index is 973. The number of guanidine groups is 1. The molecule has 0 saturated carbocycles. The molecule has 1 aromatic heterocycles. The molecule has 0 amide bonds. The first-order chi connectivity index (χ1) is 13.7. The van der Waals surface area contributed by atoms with Crippen LogP contribution in [-0.4, -0.2) is 44.2 Å². The van der Waals surface area contributed by atoms with E-state index in [2.05, 4.69) is 32.3 Å². The Labute approximate surface area is 189 Å². The van der Waals surface area contributed by atoms with E-state index in [1.54, 1.807) is 21.3 Å².